The second-order valence-corrected chi connectivity index (χ2v) is 7.80. The molecule has 0 N–H and O–H groups in total. The van der Waals surface area contributed by atoms with E-state index in [0.717, 1.165) is 50.4 Å². The van der Waals surface area contributed by atoms with Crippen LogP contribution in [0.3, 0.4) is 0 Å². The lowest BCUT2D eigenvalue weighted by Gasteiger charge is -2.45. The zero-order valence-corrected chi connectivity index (χ0v) is 16.7. The zero-order valence-electron chi connectivity index (χ0n) is 16.7. The van der Waals surface area contributed by atoms with Gasteiger partial charge in [0.1, 0.15) is 0 Å². The number of nitrogens with zero attached hydrogens (tertiary/aromatic N) is 2. The molecule has 1 amide bonds. The van der Waals surface area contributed by atoms with E-state index in [9.17, 15) is 4.79 Å². The summed E-state index contributed by atoms with van der Waals surface area (Å²) in [6.45, 7) is 9.03. The van der Waals surface area contributed by atoms with Crippen LogP contribution >= 0.6 is 0 Å². The number of hydrogen-bond acceptors (Lipinski definition) is 4. The summed E-state index contributed by atoms with van der Waals surface area (Å²) >= 11 is 0. The summed E-state index contributed by atoms with van der Waals surface area (Å²) < 4.78 is 11.0. The normalized spacial score (nSPS) is 23.7. The fourth-order valence-electron chi connectivity index (χ4n) is 4.45. The van der Waals surface area contributed by atoms with Crippen LogP contribution in [0.4, 0.5) is 0 Å². The Morgan fingerprint density at radius 1 is 1.15 bits per heavy atom. The van der Waals surface area contributed by atoms with E-state index in [1.807, 2.05) is 13.8 Å². The highest BCUT2D eigenvalue weighted by Gasteiger charge is 2.34. The molecule has 0 bridgehead atoms. The van der Waals surface area contributed by atoms with Crippen LogP contribution in [0.5, 0.6) is 11.5 Å². The lowest BCUT2D eigenvalue weighted by atomic mass is 9.90. The number of piperidine rings is 1. The molecule has 0 aromatic heterocycles. The monoisotopic (exact) mass is 360 g/mol. The van der Waals surface area contributed by atoms with E-state index in [0.29, 0.717) is 12.1 Å². The maximum Gasteiger partial charge on any atom is 0.225 e. The Balaban J connectivity index is 1.80. The Kier molecular flexibility index (Phi) is 5.76. The van der Waals surface area contributed by atoms with Crippen LogP contribution in [-0.2, 0) is 11.2 Å². The number of benzene rings is 1. The lowest BCUT2D eigenvalue weighted by molar-refractivity contribution is -0.136. The quantitative estimate of drug-likeness (QED) is 0.826. The zero-order chi connectivity index (χ0) is 18.8. The predicted octanol–water partition coefficient (Wildman–Crippen LogP) is 3.27. The lowest BCUT2D eigenvalue weighted by Crippen LogP contribution is -2.52. The van der Waals surface area contributed by atoms with Crippen LogP contribution in [0.25, 0.3) is 0 Å². The first-order valence-corrected chi connectivity index (χ1v) is 9.75. The van der Waals surface area contributed by atoms with Gasteiger partial charge in [-0.15, -0.1) is 0 Å². The number of carbonyl (C=O) groups excluding carboxylic acids is 1. The molecular weight excluding hydrogens is 328 g/mol. The summed E-state index contributed by atoms with van der Waals surface area (Å²) in [4.78, 5) is 17.1. The van der Waals surface area contributed by atoms with E-state index in [-0.39, 0.29) is 11.8 Å². The molecule has 1 aromatic rings. The van der Waals surface area contributed by atoms with Crippen LogP contribution < -0.4 is 9.47 Å². The summed E-state index contributed by atoms with van der Waals surface area (Å²) in [5.41, 5.74) is 2.67. The van der Waals surface area contributed by atoms with Crippen molar-refractivity contribution in [2.45, 2.75) is 52.1 Å². The van der Waals surface area contributed by atoms with Gasteiger partial charge in [-0.25, -0.2) is 0 Å². The smallest absolute Gasteiger partial charge is 0.225 e. The van der Waals surface area contributed by atoms with Crippen molar-refractivity contribution in [1.29, 1.82) is 0 Å². The first-order valence-electron chi connectivity index (χ1n) is 9.75. The van der Waals surface area contributed by atoms with Crippen LogP contribution in [0.1, 0.15) is 50.8 Å². The minimum atomic E-state index is 0.0741. The Bertz CT molecular complexity index is 659. The van der Waals surface area contributed by atoms with Gasteiger partial charge in [-0.3, -0.25) is 9.69 Å². The van der Waals surface area contributed by atoms with E-state index in [1.54, 1.807) is 14.2 Å². The Morgan fingerprint density at radius 3 is 2.50 bits per heavy atom. The summed E-state index contributed by atoms with van der Waals surface area (Å²) in [6, 6.07) is 5.00. The first-order chi connectivity index (χ1) is 12.5. The first kappa shape index (κ1) is 19.0. The van der Waals surface area contributed by atoms with E-state index >= 15 is 0 Å². The molecule has 2 aliphatic rings. The molecule has 5 nitrogen and oxygen atoms in total. The molecule has 1 fully saturated rings. The second-order valence-electron chi connectivity index (χ2n) is 7.80. The highest BCUT2D eigenvalue weighted by Crippen LogP contribution is 2.39. The number of likely N-dealkylation sites (tertiary alicyclic amines) is 1. The van der Waals surface area contributed by atoms with Crippen molar-refractivity contribution >= 4 is 5.91 Å². The van der Waals surface area contributed by atoms with Crippen molar-refractivity contribution in [3.63, 3.8) is 0 Å². The molecule has 26 heavy (non-hydrogen) atoms. The van der Waals surface area contributed by atoms with Gasteiger partial charge in [0, 0.05) is 37.6 Å². The van der Waals surface area contributed by atoms with Crippen molar-refractivity contribution in [1.82, 2.24) is 9.80 Å². The average molecular weight is 360 g/mol. The SMILES string of the molecule is COc1cc2c(cc1OC)[C@@H](C)N([C@H]1CCCN(C(=O)C(C)C)C1)CC2. The van der Waals surface area contributed by atoms with Gasteiger partial charge < -0.3 is 14.4 Å². The molecule has 2 heterocycles. The number of carbonyl (C=O) groups is 1. The molecule has 0 aliphatic carbocycles. The number of amides is 1. The number of ether oxygens (including phenoxy) is 2. The van der Waals surface area contributed by atoms with Gasteiger partial charge in [0.05, 0.1) is 14.2 Å². The van der Waals surface area contributed by atoms with Crippen LogP contribution in [0, 0.1) is 5.92 Å². The van der Waals surface area contributed by atoms with E-state index in [2.05, 4.69) is 28.9 Å². The Labute approximate surface area is 157 Å². The second kappa shape index (κ2) is 7.87. The number of methoxy groups -OCH3 is 2. The van der Waals surface area contributed by atoms with Gasteiger partial charge in [0.2, 0.25) is 5.91 Å². The highest BCUT2D eigenvalue weighted by molar-refractivity contribution is 5.78. The number of fused-ring (bicyclic) bond motifs is 1. The number of rotatable bonds is 4. The molecule has 2 atom stereocenters. The Hall–Kier alpha value is -1.75. The summed E-state index contributed by atoms with van der Waals surface area (Å²) in [6.07, 6.45) is 3.26. The molecule has 0 spiro atoms. The van der Waals surface area contributed by atoms with E-state index in [1.165, 1.54) is 11.1 Å². The molecule has 1 saturated heterocycles. The summed E-state index contributed by atoms with van der Waals surface area (Å²) in [5.74, 6) is 1.95. The van der Waals surface area contributed by atoms with Crippen LogP contribution in [0.2, 0.25) is 0 Å². The van der Waals surface area contributed by atoms with Gasteiger partial charge in [-0.1, -0.05) is 13.8 Å². The third-order valence-corrected chi connectivity index (χ3v) is 5.90. The van der Waals surface area contributed by atoms with Gasteiger partial charge in [0.15, 0.2) is 11.5 Å². The number of hydrogen-bond donors (Lipinski definition) is 0. The van der Waals surface area contributed by atoms with E-state index < -0.39 is 0 Å². The Morgan fingerprint density at radius 2 is 1.85 bits per heavy atom. The molecule has 144 valence electrons. The highest BCUT2D eigenvalue weighted by atomic mass is 16.5. The van der Waals surface area contributed by atoms with Gasteiger partial charge in [-0.05, 0) is 49.4 Å². The molecule has 3 rings (SSSR count). The summed E-state index contributed by atoms with van der Waals surface area (Å²) in [5, 5.41) is 0. The third-order valence-electron chi connectivity index (χ3n) is 5.90. The molecule has 5 heteroatoms. The fraction of sp³-hybridized carbons (Fsp3) is 0.667. The van der Waals surface area contributed by atoms with Crippen molar-refractivity contribution < 1.29 is 14.3 Å². The van der Waals surface area contributed by atoms with Gasteiger partial charge >= 0.3 is 0 Å². The van der Waals surface area contributed by atoms with Gasteiger partial charge in [0.25, 0.3) is 0 Å². The van der Waals surface area contributed by atoms with Gasteiger partial charge in [-0.2, -0.15) is 0 Å². The molecule has 2 aliphatic heterocycles. The fourth-order valence-corrected chi connectivity index (χ4v) is 4.45. The molecule has 0 saturated carbocycles. The maximum absolute atomic E-state index is 12.4. The maximum atomic E-state index is 12.4. The standard InChI is InChI=1S/C21H32N2O3/c1-14(2)21(24)22-9-6-7-17(13-22)23-10-8-16-11-19(25-4)20(26-5)12-18(16)15(23)3/h11-12,14-15,17H,6-10,13H2,1-5H3/t15-,17+/m1/s1. The molecular formula is C21H32N2O3. The molecule has 0 unspecified atom stereocenters. The van der Waals surface area contributed by atoms with Crippen molar-refractivity contribution in [3.8, 4) is 11.5 Å². The minimum Gasteiger partial charge on any atom is -0.493 e. The van der Waals surface area contributed by atoms with Crippen LogP contribution in [0.15, 0.2) is 12.1 Å². The summed E-state index contributed by atoms with van der Waals surface area (Å²) in [7, 11) is 3.37. The van der Waals surface area contributed by atoms with Crippen LogP contribution in [-0.4, -0.2) is 55.6 Å². The third kappa shape index (κ3) is 3.54. The average Bonchev–Trinajstić information content (AvgIpc) is 2.66. The largest absolute Gasteiger partial charge is 0.493 e. The predicted molar refractivity (Wildman–Crippen MR) is 103 cm³/mol. The van der Waals surface area contributed by atoms with Crippen molar-refractivity contribution in [2.75, 3.05) is 33.9 Å². The molecule has 1 aromatic carbocycles. The minimum absolute atomic E-state index is 0.0741. The van der Waals surface area contributed by atoms with Crippen molar-refractivity contribution in [2.24, 2.45) is 5.92 Å². The van der Waals surface area contributed by atoms with Crippen molar-refractivity contribution in [3.05, 3.63) is 23.3 Å². The topological polar surface area (TPSA) is 42.0 Å². The molecule has 0 radical (unpaired) electrons. The van der Waals surface area contributed by atoms with E-state index in [4.69, 9.17) is 9.47 Å².